The fourth-order valence-electron chi connectivity index (χ4n) is 3.76. The van der Waals surface area contributed by atoms with Gasteiger partial charge >= 0.3 is 6.09 Å². The molecule has 3 heterocycles. The van der Waals surface area contributed by atoms with Crippen LogP contribution in [0.15, 0.2) is 5.16 Å². The molecule has 1 atom stereocenters. The molecule has 170 valence electrons. The van der Waals surface area contributed by atoms with Gasteiger partial charge < -0.3 is 14.5 Å². The highest BCUT2D eigenvalue weighted by atomic mass is 32.2. The molecular formula is C20H30N6O4S. The van der Waals surface area contributed by atoms with Crippen molar-refractivity contribution in [2.45, 2.75) is 57.0 Å². The van der Waals surface area contributed by atoms with Crippen LogP contribution in [0.1, 0.15) is 38.4 Å². The lowest BCUT2D eigenvalue weighted by atomic mass is 10.0. The molecule has 31 heavy (non-hydrogen) atoms. The first-order valence-electron chi connectivity index (χ1n) is 10.3. The summed E-state index contributed by atoms with van der Waals surface area (Å²) in [7, 11) is -1.66. The van der Waals surface area contributed by atoms with Crippen LogP contribution in [0.5, 0.6) is 0 Å². The summed E-state index contributed by atoms with van der Waals surface area (Å²) in [4.78, 5) is 27.0. The van der Waals surface area contributed by atoms with Crippen molar-refractivity contribution in [1.82, 2.24) is 19.8 Å². The fourth-order valence-corrected chi connectivity index (χ4v) is 4.29. The van der Waals surface area contributed by atoms with Gasteiger partial charge in [-0.05, 0) is 34.2 Å². The third kappa shape index (κ3) is 5.43. The second-order valence-corrected chi connectivity index (χ2v) is 11.0. The zero-order valence-corrected chi connectivity index (χ0v) is 19.6. The Bertz CT molecular complexity index is 998. The lowest BCUT2D eigenvalue weighted by Crippen LogP contribution is -2.52. The van der Waals surface area contributed by atoms with Crippen molar-refractivity contribution >= 4 is 21.7 Å². The Morgan fingerprint density at radius 1 is 1.26 bits per heavy atom. The van der Waals surface area contributed by atoms with Gasteiger partial charge in [0.2, 0.25) is 15.0 Å². The van der Waals surface area contributed by atoms with Crippen LogP contribution in [0.4, 0.5) is 10.6 Å². The van der Waals surface area contributed by atoms with Gasteiger partial charge in [-0.1, -0.05) is 0 Å². The first-order valence-corrected chi connectivity index (χ1v) is 12.2. The molecule has 1 amide bonds. The fraction of sp³-hybridized carbons (Fsp3) is 0.700. The molecule has 11 heteroatoms. The highest BCUT2D eigenvalue weighted by Crippen LogP contribution is 2.30. The molecule has 0 unspecified atom stereocenters. The van der Waals surface area contributed by atoms with Gasteiger partial charge in [-0.2, -0.15) is 5.26 Å². The highest BCUT2D eigenvalue weighted by Gasteiger charge is 2.33. The zero-order chi connectivity index (χ0) is 23.0. The van der Waals surface area contributed by atoms with E-state index >= 15 is 0 Å². The van der Waals surface area contributed by atoms with Gasteiger partial charge in [0.15, 0.2) is 0 Å². The summed E-state index contributed by atoms with van der Waals surface area (Å²) < 4.78 is 30.0. The maximum atomic E-state index is 12.5. The van der Waals surface area contributed by atoms with Crippen molar-refractivity contribution in [3.05, 3.63) is 11.3 Å². The Labute approximate surface area is 183 Å². The number of nitrogens with zero attached hydrogens (tertiary/aromatic N) is 6. The second kappa shape index (κ2) is 8.59. The third-order valence-corrected chi connectivity index (χ3v) is 6.26. The molecule has 0 spiro atoms. The molecule has 1 fully saturated rings. The predicted octanol–water partition coefficient (Wildman–Crippen LogP) is 1.21. The Kier molecular flexibility index (Phi) is 6.43. The van der Waals surface area contributed by atoms with E-state index < -0.39 is 21.5 Å². The van der Waals surface area contributed by atoms with E-state index in [1.54, 1.807) is 25.7 Å². The number of ether oxygens (including phenoxy) is 1. The van der Waals surface area contributed by atoms with Crippen LogP contribution in [0.25, 0.3) is 0 Å². The Morgan fingerprint density at radius 2 is 1.97 bits per heavy atom. The third-order valence-electron chi connectivity index (χ3n) is 5.41. The summed E-state index contributed by atoms with van der Waals surface area (Å²) in [6.07, 6.45) is 1.51. The van der Waals surface area contributed by atoms with E-state index in [2.05, 4.69) is 20.9 Å². The quantitative estimate of drug-likeness (QED) is 0.626. The van der Waals surface area contributed by atoms with Gasteiger partial charge in [0, 0.05) is 44.0 Å². The van der Waals surface area contributed by atoms with E-state index in [0.717, 1.165) is 18.4 Å². The number of piperazine rings is 1. The molecule has 10 nitrogen and oxygen atoms in total. The molecule has 0 N–H and O–H groups in total. The number of hydrogen-bond donors (Lipinski definition) is 0. The molecular weight excluding hydrogens is 420 g/mol. The van der Waals surface area contributed by atoms with Crippen LogP contribution in [0.2, 0.25) is 0 Å². The highest BCUT2D eigenvalue weighted by molar-refractivity contribution is 7.90. The number of carbonyl (C=O) groups excluding carboxylic acids is 1. The molecule has 0 bridgehead atoms. The van der Waals surface area contributed by atoms with E-state index in [4.69, 9.17) is 10.00 Å². The minimum atomic E-state index is -3.64. The van der Waals surface area contributed by atoms with Gasteiger partial charge in [0.05, 0.1) is 24.7 Å². The summed E-state index contributed by atoms with van der Waals surface area (Å²) in [5, 5.41) is 8.90. The van der Waals surface area contributed by atoms with Crippen LogP contribution in [0, 0.1) is 11.3 Å². The maximum absolute atomic E-state index is 12.5. The largest absolute Gasteiger partial charge is 0.444 e. The van der Waals surface area contributed by atoms with Crippen molar-refractivity contribution in [3.63, 3.8) is 0 Å². The van der Waals surface area contributed by atoms with Crippen LogP contribution in [-0.2, 0) is 27.5 Å². The first-order chi connectivity index (χ1) is 14.4. The molecule has 2 aliphatic heterocycles. The molecule has 1 aromatic rings. The summed E-state index contributed by atoms with van der Waals surface area (Å²) in [6, 6.07) is 2.25. The normalized spacial score (nSPS) is 20.2. The molecule has 0 aliphatic carbocycles. The topological polar surface area (TPSA) is 120 Å². The number of sulfone groups is 1. The molecule has 1 aromatic heterocycles. The number of nitriles is 1. The number of aromatic nitrogens is 2. The van der Waals surface area contributed by atoms with Gasteiger partial charge in [-0.15, -0.1) is 0 Å². The lowest BCUT2D eigenvalue weighted by Gasteiger charge is -2.40. The zero-order valence-electron chi connectivity index (χ0n) is 18.8. The van der Waals surface area contributed by atoms with E-state index in [-0.39, 0.29) is 17.7 Å². The van der Waals surface area contributed by atoms with Crippen LogP contribution in [-0.4, -0.2) is 85.4 Å². The second-order valence-electron chi connectivity index (χ2n) is 9.12. The van der Waals surface area contributed by atoms with E-state index in [1.807, 2.05) is 11.9 Å². The van der Waals surface area contributed by atoms with E-state index in [9.17, 15) is 13.2 Å². The molecule has 1 saturated heterocycles. The SMILES string of the molecule is CN1CCN(c2nc(S(C)(=O)=O)nc3c2CCN(C(=O)OC(C)(C)C)C3)C[C@@H]1CC#N. The number of hydrogen-bond acceptors (Lipinski definition) is 9. The van der Waals surface area contributed by atoms with Crippen LogP contribution >= 0.6 is 0 Å². The van der Waals surface area contributed by atoms with Crippen molar-refractivity contribution in [3.8, 4) is 6.07 Å². The number of rotatable bonds is 3. The standard InChI is InChI=1S/C20H30N6O4S/c1-20(2,3)30-19(27)26-9-7-15-16(13-26)22-18(31(5,28)29)23-17(15)25-11-10-24(4)14(12-25)6-8-21/h14H,6-7,9-13H2,1-5H3/t14-/m0/s1. The molecule has 0 aromatic carbocycles. The lowest BCUT2D eigenvalue weighted by molar-refractivity contribution is 0.0220. The average molecular weight is 451 g/mol. The van der Waals surface area contributed by atoms with Gasteiger partial charge in [-0.3, -0.25) is 4.90 Å². The average Bonchev–Trinajstić information content (AvgIpc) is 2.66. The molecule has 0 saturated carbocycles. The monoisotopic (exact) mass is 450 g/mol. The summed E-state index contributed by atoms with van der Waals surface area (Å²) in [6.45, 7) is 7.99. The van der Waals surface area contributed by atoms with Crippen molar-refractivity contribution in [2.24, 2.45) is 0 Å². The Morgan fingerprint density at radius 3 is 2.58 bits per heavy atom. The van der Waals surface area contributed by atoms with E-state index in [0.29, 0.717) is 44.0 Å². The first kappa shape index (κ1) is 23.2. The Hall–Kier alpha value is -2.45. The number of fused-ring (bicyclic) bond motifs is 1. The number of amides is 1. The minimum absolute atomic E-state index is 0.0351. The molecule has 2 aliphatic rings. The van der Waals surface area contributed by atoms with E-state index in [1.165, 1.54) is 0 Å². The van der Waals surface area contributed by atoms with Gasteiger partial charge in [0.25, 0.3) is 0 Å². The number of likely N-dealkylation sites (N-methyl/N-ethyl adjacent to an activating group) is 1. The van der Waals surface area contributed by atoms with Crippen molar-refractivity contribution in [2.75, 3.05) is 44.4 Å². The summed E-state index contributed by atoms with van der Waals surface area (Å²) in [5.41, 5.74) is 0.757. The van der Waals surface area contributed by atoms with Gasteiger partial charge in [0.1, 0.15) is 11.4 Å². The Balaban J connectivity index is 1.96. The summed E-state index contributed by atoms with van der Waals surface area (Å²) >= 11 is 0. The molecule has 0 radical (unpaired) electrons. The summed E-state index contributed by atoms with van der Waals surface area (Å²) in [5.74, 6) is 0.588. The van der Waals surface area contributed by atoms with Crippen molar-refractivity contribution < 1.29 is 17.9 Å². The number of carbonyl (C=O) groups is 1. The maximum Gasteiger partial charge on any atom is 0.410 e. The predicted molar refractivity (Wildman–Crippen MR) is 114 cm³/mol. The number of anilines is 1. The van der Waals surface area contributed by atoms with Gasteiger partial charge in [-0.25, -0.2) is 23.2 Å². The molecule has 3 rings (SSSR count). The minimum Gasteiger partial charge on any atom is -0.444 e. The van der Waals surface area contributed by atoms with Crippen LogP contribution in [0.3, 0.4) is 0 Å². The smallest absolute Gasteiger partial charge is 0.410 e. The van der Waals surface area contributed by atoms with Crippen molar-refractivity contribution in [1.29, 1.82) is 5.26 Å². The van der Waals surface area contributed by atoms with Crippen LogP contribution < -0.4 is 4.90 Å².